The van der Waals surface area contributed by atoms with Crippen molar-refractivity contribution < 1.29 is 31.9 Å². The number of aromatic nitrogens is 1. The maximum atomic E-state index is 13.8. The highest BCUT2D eigenvalue weighted by Crippen LogP contribution is 2.38. The molecule has 10 heteroatoms. The van der Waals surface area contributed by atoms with Gasteiger partial charge in [0.25, 0.3) is 0 Å². The summed E-state index contributed by atoms with van der Waals surface area (Å²) < 4.78 is 58.3. The van der Waals surface area contributed by atoms with Gasteiger partial charge < -0.3 is 10.1 Å². The number of nitrogens with one attached hydrogen (secondary N) is 1. The maximum absolute atomic E-state index is 13.8. The van der Waals surface area contributed by atoms with Crippen LogP contribution in [0, 0.1) is 11.7 Å². The molecule has 1 aliphatic rings. The van der Waals surface area contributed by atoms with E-state index in [-0.39, 0.29) is 29.6 Å². The minimum Gasteiger partial charge on any atom is -0.466 e. The SMILES string of the molecule is CCOC(=O)Cc1csc(NC(=O)C(CC2CCCC2)c2ccc(F)c(C(F)(F)F)c2)n1. The Balaban J connectivity index is 1.81. The van der Waals surface area contributed by atoms with Gasteiger partial charge >= 0.3 is 12.1 Å². The van der Waals surface area contributed by atoms with Crippen LogP contribution in [-0.2, 0) is 26.9 Å². The Labute approximate surface area is 187 Å². The van der Waals surface area contributed by atoms with Crippen LogP contribution in [0.3, 0.4) is 0 Å². The summed E-state index contributed by atoms with van der Waals surface area (Å²) in [5, 5.41) is 4.50. The number of rotatable bonds is 8. The van der Waals surface area contributed by atoms with Crippen molar-refractivity contribution in [3.8, 4) is 0 Å². The Bertz CT molecular complexity index is 955. The van der Waals surface area contributed by atoms with Gasteiger partial charge in [-0.2, -0.15) is 13.2 Å². The van der Waals surface area contributed by atoms with Crippen LogP contribution in [0.25, 0.3) is 0 Å². The van der Waals surface area contributed by atoms with Crippen molar-refractivity contribution in [2.75, 3.05) is 11.9 Å². The molecule has 0 radical (unpaired) electrons. The molecule has 1 heterocycles. The number of benzene rings is 1. The van der Waals surface area contributed by atoms with Gasteiger partial charge in [0.05, 0.1) is 30.2 Å². The number of halogens is 4. The quantitative estimate of drug-likeness (QED) is 0.395. The lowest BCUT2D eigenvalue weighted by atomic mass is 9.86. The molecule has 2 aromatic rings. The van der Waals surface area contributed by atoms with Crippen LogP contribution in [0.5, 0.6) is 0 Å². The number of anilines is 1. The van der Waals surface area contributed by atoms with Gasteiger partial charge in [0.2, 0.25) is 5.91 Å². The second-order valence-corrected chi connectivity index (χ2v) is 8.65. The zero-order valence-electron chi connectivity index (χ0n) is 17.5. The molecule has 1 saturated carbocycles. The van der Waals surface area contributed by atoms with Gasteiger partial charge in [-0.1, -0.05) is 31.7 Å². The molecule has 174 valence electrons. The van der Waals surface area contributed by atoms with Crippen LogP contribution < -0.4 is 5.32 Å². The van der Waals surface area contributed by atoms with Crippen LogP contribution in [0.2, 0.25) is 0 Å². The molecule has 1 unspecified atom stereocenters. The summed E-state index contributed by atoms with van der Waals surface area (Å²) in [6.45, 7) is 1.93. The van der Waals surface area contributed by atoms with Crippen molar-refractivity contribution in [2.24, 2.45) is 5.92 Å². The molecule has 0 spiro atoms. The summed E-state index contributed by atoms with van der Waals surface area (Å²) in [4.78, 5) is 28.9. The second kappa shape index (κ2) is 10.4. The van der Waals surface area contributed by atoms with E-state index in [9.17, 15) is 27.2 Å². The zero-order chi connectivity index (χ0) is 23.3. The molecule has 0 aliphatic heterocycles. The molecule has 1 aromatic carbocycles. The first-order chi connectivity index (χ1) is 15.2. The van der Waals surface area contributed by atoms with E-state index < -0.39 is 35.4 Å². The maximum Gasteiger partial charge on any atom is 0.419 e. The monoisotopic (exact) mass is 472 g/mol. The average Bonchev–Trinajstić information content (AvgIpc) is 3.38. The predicted molar refractivity (Wildman–Crippen MR) is 112 cm³/mol. The third-order valence-corrected chi connectivity index (χ3v) is 6.28. The van der Waals surface area contributed by atoms with Gasteiger partial charge in [0.15, 0.2) is 5.13 Å². The Morgan fingerprint density at radius 1 is 1.28 bits per heavy atom. The van der Waals surface area contributed by atoms with Gasteiger partial charge in [0.1, 0.15) is 5.82 Å². The van der Waals surface area contributed by atoms with Crippen LogP contribution in [0.15, 0.2) is 23.6 Å². The molecule has 1 N–H and O–H groups in total. The lowest BCUT2D eigenvalue weighted by Crippen LogP contribution is -2.24. The largest absolute Gasteiger partial charge is 0.466 e. The van der Waals surface area contributed by atoms with Crippen molar-refractivity contribution in [3.63, 3.8) is 0 Å². The lowest BCUT2D eigenvalue weighted by molar-refractivity contribution is -0.142. The first kappa shape index (κ1) is 24.2. The third kappa shape index (κ3) is 6.27. The number of amides is 1. The summed E-state index contributed by atoms with van der Waals surface area (Å²) in [7, 11) is 0. The normalized spacial score (nSPS) is 15.5. The fourth-order valence-electron chi connectivity index (χ4n) is 3.95. The summed E-state index contributed by atoms with van der Waals surface area (Å²) in [5.74, 6) is -2.99. The van der Waals surface area contributed by atoms with Crippen molar-refractivity contribution in [3.05, 3.63) is 46.2 Å². The van der Waals surface area contributed by atoms with Crippen molar-refractivity contribution in [1.29, 1.82) is 0 Å². The van der Waals surface area contributed by atoms with Crippen molar-refractivity contribution in [2.45, 2.75) is 57.5 Å². The number of carbonyl (C=O) groups is 2. The molecule has 0 saturated heterocycles. The fourth-order valence-corrected chi connectivity index (χ4v) is 4.66. The molecule has 0 bridgehead atoms. The van der Waals surface area contributed by atoms with Gasteiger partial charge in [-0.05, 0) is 37.0 Å². The molecular weight excluding hydrogens is 448 g/mol. The standard InChI is InChI=1S/C22H24F4N2O3S/c1-2-31-19(29)11-15-12-32-21(27-15)28-20(30)16(9-13-5-3-4-6-13)14-7-8-18(23)17(10-14)22(24,25)26/h7-8,10,12-13,16H,2-6,9,11H2,1H3,(H,27,28,30). The number of hydrogen-bond acceptors (Lipinski definition) is 5. The van der Waals surface area contributed by atoms with Gasteiger partial charge in [-0.25, -0.2) is 9.37 Å². The minimum absolute atomic E-state index is 0.0430. The predicted octanol–water partition coefficient (Wildman–Crippen LogP) is 5.71. The highest BCUT2D eigenvalue weighted by atomic mass is 32.1. The fraction of sp³-hybridized carbons (Fsp3) is 0.500. The molecule has 1 aromatic heterocycles. The Morgan fingerprint density at radius 2 is 2.00 bits per heavy atom. The van der Waals surface area contributed by atoms with E-state index in [1.165, 1.54) is 6.07 Å². The number of ether oxygens (including phenoxy) is 1. The summed E-state index contributed by atoms with van der Waals surface area (Å²) in [6, 6.07) is 2.72. The number of alkyl halides is 3. The zero-order valence-corrected chi connectivity index (χ0v) is 18.3. The van der Waals surface area contributed by atoms with Crippen LogP contribution in [-0.4, -0.2) is 23.5 Å². The molecule has 32 heavy (non-hydrogen) atoms. The van der Waals surface area contributed by atoms with Crippen LogP contribution >= 0.6 is 11.3 Å². The van der Waals surface area contributed by atoms with Crippen molar-refractivity contribution in [1.82, 2.24) is 4.98 Å². The highest BCUT2D eigenvalue weighted by Gasteiger charge is 2.36. The third-order valence-electron chi connectivity index (χ3n) is 5.47. The van der Waals surface area contributed by atoms with E-state index in [1.54, 1.807) is 12.3 Å². The molecule has 1 atom stereocenters. The molecule has 1 fully saturated rings. The second-order valence-electron chi connectivity index (χ2n) is 7.79. The highest BCUT2D eigenvalue weighted by molar-refractivity contribution is 7.13. The number of thiazole rings is 1. The summed E-state index contributed by atoms with van der Waals surface area (Å²) in [6.07, 6.45) is -0.698. The Hall–Kier alpha value is -2.49. The Morgan fingerprint density at radius 3 is 2.66 bits per heavy atom. The average molecular weight is 473 g/mol. The van der Waals surface area contributed by atoms with Gasteiger partial charge in [-0.15, -0.1) is 11.3 Å². The van der Waals surface area contributed by atoms with E-state index in [4.69, 9.17) is 4.74 Å². The van der Waals surface area contributed by atoms with Crippen LogP contribution in [0.1, 0.15) is 61.8 Å². The molecular formula is C22H24F4N2O3S. The van der Waals surface area contributed by atoms with E-state index in [1.807, 2.05) is 0 Å². The topological polar surface area (TPSA) is 68.3 Å². The summed E-state index contributed by atoms with van der Waals surface area (Å²) >= 11 is 1.11. The molecule has 1 amide bonds. The van der Waals surface area contributed by atoms with E-state index in [0.717, 1.165) is 49.2 Å². The van der Waals surface area contributed by atoms with E-state index in [0.29, 0.717) is 12.1 Å². The smallest absolute Gasteiger partial charge is 0.419 e. The lowest BCUT2D eigenvalue weighted by Gasteiger charge is -2.21. The summed E-state index contributed by atoms with van der Waals surface area (Å²) in [5.41, 5.74) is -0.839. The van der Waals surface area contributed by atoms with Gasteiger partial charge in [0, 0.05) is 5.38 Å². The van der Waals surface area contributed by atoms with Crippen LogP contribution in [0.4, 0.5) is 22.7 Å². The number of nitrogens with zero attached hydrogens (tertiary/aromatic N) is 1. The first-order valence-corrected chi connectivity index (χ1v) is 11.3. The first-order valence-electron chi connectivity index (χ1n) is 10.4. The van der Waals surface area contributed by atoms with Gasteiger partial charge in [-0.3, -0.25) is 9.59 Å². The molecule has 5 nitrogen and oxygen atoms in total. The molecule has 1 aliphatic carbocycles. The van der Waals surface area contributed by atoms with Crippen molar-refractivity contribution >= 4 is 28.3 Å². The number of esters is 1. The molecule has 3 rings (SSSR count). The number of carbonyl (C=O) groups excluding carboxylic acids is 2. The number of hydrogen-bond donors (Lipinski definition) is 1. The minimum atomic E-state index is -4.86. The Kier molecular flexibility index (Phi) is 7.86. The van der Waals surface area contributed by atoms with E-state index in [2.05, 4.69) is 10.3 Å². The van der Waals surface area contributed by atoms with E-state index >= 15 is 0 Å².